The Morgan fingerprint density at radius 1 is 1.58 bits per heavy atom. The van der Waals surface area contributed by atoms with Gasteiger partial charge in [0.05, 0.1) is 6.20 Å². The van der Waals surface area contributed by atoms with E-state index in [0.29, 0.717) is 0 Å². The highest BCUT2D eigenvalue weighted by molar-refractivity contribution is 5.03. The summed E-state index contributed by atoms with van der Waals surface area (Å²) in [5.74, 6) is 0. The second-order valence-electron chi connectivity index (χ2n) is 2.94. The molecule has 1 rings (SSSR count). The lowest BCUT2D eigenvalue weighted by atomic mass is 10.2. The van der Waals surface area contributed by atoms with Crippen LogP contribution >= 0.6 is 0 Å². The topological polar surface area (TPSA) is 38.0 Å². The summed E-state index contributed by atoms with van der Waals surface area (Å²) in [5.41, 5.74) is 1.22. The molecule has 0 atom stereocenters. The fourth-order valence-electron chi connectivity index (χ4n) is 1.17. The van der Waals surface area contributed by atoms with Gasteiger partial charge in [0.15, 0.2) is 0 Å². The zero-order valence-corrected chi connectivity index (χ0v) is 7.53. The van der Waals surface area contributed by atoms with Crippen LogP contribution < -0.4 is 0 Å². The average Bonchev–Trinajstić information content (AvgIpc) is 2.50. The molecule has 3 heteroatoms. The van der Waals surface area contributed by atoms with Crippen molar-refractivity contribution in [1.29, 1.82) is 0 Å². The van der Waals surface area contributed by atoms with Gasteiger partial charge < -0.3 is 5.11 Å². The predicted octanol–water partition coefficient (Wildman–Crippen LogP) is 1.22. The van der Waals surface area contributed by atoms with Gasteiger partial charge in [-0.15, -0.1) is 0 Å². The van der Waals surface area contributed by atoms with Crippen LogP contribution in [0.3, 0.4) is 0 Å². The van der Waals surface area contributed by atoms with Crippen molar-refractivity contribution in [2.24, 2.45) is 0 Å². The summed E-state index contributed by atoms with van der Waals surface area (Å²) in [6.45, 7) is 3.38. The van der Waals surface area contributed by atoms with Crippen LogP contribution in [-0.4, -0.2) is 21.5 Å². The number of aryl methyl sites for hydroxylation is 2. The van der Waals surface area contributed by atoms with Gasteiger partial charge in [0.25, 0.3) is 0 Å². The van der Waals surface area contributed by atoms with Crippen LogP contribution in [-0.2, 0) is 13.0 Å². The van der Waals surface area contributed by atoms with E-state index in [1.54, 1.807) is 0 Å². The van der Waals surface area contributed by atoms with E-state index in [4.69, 9.17) is 5.11 Å². The molecule has 0 fully saturated rings. The number of nitrogens with zero attached hydrogens (tertiary/aromatic N) is 2. The largest absolute Gasteiger partial charge is 0.396 e. The van der Waals surface area contributed by atoms with Crippen molar-refractivity contribution in [3.05, 3.63) is 18.0 Å². The molecule has 0 aliphatic heterocycles. The highest BCUT2D eigenvalue weighted by atomic mass is 16.2. The number of rotatable bonds is 5. The molecule has 0 spiro atoms. The van der Waals surface area contributed by atoms with Crippen LogP contribution in [0, 0.1) is 0 Å². The average molecular weight is 168 g/mol. The van der Waals surface area contributed by atoms with Gasteiger partial charge in [0, 0.05) is 19.3 Å². The zero-order chi connectivity index (χ0) is 8.81. The van der Waals surface area contributed by atoms with Crippen molar-refractivity contribution < 1.29 is 5.11 Å². The normalized spacial score (nSPS) is 10.5. The van der Waals surface area contributed by atoms with Crippen LogP contribution in [0.2, 0.25) is 0 Å². The van der Waals surface area contributed by atoms with Crippen molar-refractivity contribution >= 4 is 0 Å². The van der Waals surface area contributed by atoms with E-state index in [9.17, 15) is 0 Å². The van der Waals surface area contributed by atoms with Gasteiger partial charge in [0.2, 0.25) is 0 Å². The molecule has 0 radical (unpaired) electrons. The number of hydrogen-bond acceptors (Lipinski definition) is 2. The van der Waals surface area contributed by atoms with Gasteiger partial charge in [-0.1, -0.05) is 6.92 Å². The number of aliphatic hydroxyl groups is 1. The lowest BCUT2D eigenvalue weighted by molar-refractivity contribution is 0.288. The molecule has 1 N–H and O–H groups in total. The third-order valence-electron chi connectivity index (χ3n) is 1.76. The smallest absolute Gasteiger partial charge is 0.0521 e. The SMILES string of the molecule is CCCn1cc(CCCO)cn1. The van der Waals surface area contributed by atoms with Crippen molar-refractivity contribution in [3.63, 3.8) is 0 Å². The molecular formula is C9H16N2O. The lowest BCUT2D eigenvalue weighted by Gasteiger charge is -1.95. The molecule has 12 heavy (non-hydrogen) atoms. The Hall–Kier alpha value is -0.830. The van der Waals surface area contributed by atoms with E-state index in [-0.39, 0.29) is 6.61 Å². The molecule has 1 aromatic rings. The Morgan fingerprint density at radius 2 is 2.42 bits per heavy atom. The second kappa shape index (κ2) is 4.93. The summed E-state index contributed by atoms with van der Waals surface area (Å²) in [6.07, 6.45) is 6.81. The van der Waals surface area contributed by atoms with Gasteiger partial charge >= 0.3 is 0 Å². The van der Waals surface area contributed by atoms with Crippen molar-refractivity contribution in [3.8, 4) is 0 Å². The Labute approximate surface area is 73.0 Å². The Bertz CT molecular complexity index is 220. The summed E-state index contributed by atoms with van der Waals surface area (Å²) < 4.78 is 1.95. The number of aromatic nitrogens is 2. The summed E-state index contributed by atoms with van der Waals surface area (Å²) in [4.78, 5) is 0. The summed E-state index contributed by atoms with van der Waals surface area (Å²) >= 11 is 0. The van der Waals surface area contributed by atoms with E-state index in [1.165, 1.54) is 5.56 Å². The molecule has 0 bridgehead atoms. The predicted molar refractivity (Wildman–Crippen MR) is 47.9 cm³/mol. The highest BCUT2D eigenvalue weighted by Crippen LogP contribution is 2.01. The molecule has 3 nitrogen and oxygen atoms in total. The summed E-state index contributed by atoms with van der Waals surface area (Å²) in [6, 6.07) is 0. The van der Waals surface area contributed by atoms with Crippen LogP contribution in [0.25, 0.3) is 0 Å². The lowest BCUT2D eigenvalue weighted by Crippen LogP contribution is -1.95. The van der Waals surface area contributed by atoms with Gasteiger partial charge in [-0.3, -0.25) is 4.68 Å². The molecule has 68 valence electrons. The Kier molecular flexibility index (Phi) is 3.80. The third-order valence-corrected chi connectivity index (χ3v) is 1.76. The van der Waals surface area contributed by atoms with E-state index in [2.05, 4.69) is 18.2 Å². The zero-order valence-electron chi connectivity index (χ0n) is 7.53. The first kappa shape index (κ1) is 9.26. The van der Waals surface area contributed by atoms with Crippen LogP contribution in [0.5, 0.6) is 0 Å². The monoisotopic (exact) mass is 168 g/mol. The maximum atomic E-state index is 8.61. The standard InChI is InChI=1S/C9H16N2O/c1-2-5-11-8-9(7-10-11)4-3-6-12/h7-8,12H,2-6H2,1H3. The Morgan fingerprint density at radius 3 is 3.08 bits per heavy atom. The maximum absolute atomic E-state index is 8.61. The minimum absolute atomic E-state index is 0.263. The fourth-order valence-corrected chi connectivity index (χ4v) is 1.17. The molecular weight excluding hydrogens is 152 g/mol. The van der Waals surface area contributed by atoms with Crippen LogP contribution in [0.15, 0.2) is 12.4 Å². The molecule has 0 aliphatic rings. The molecule has 1 aromatic heterocycles. The van der Waals surface area contributed by atoms with Gasteiger partial charge in [-0.25, -0.2) is 0 Å². The van der Waals surface area contributed by atoms with Crippen molar-refractivity contribution in [1.82, 2.24) is 9.78 Å². The van der Waals surface area contributed by atoms with E-state index >= 15 is 0 Å². The first-order valence-corrected chi connectivity index (χ1v) is 4.49. The molecule has 0 unspecified atom stereocenters. The van der Waals surface area contributed by atoms with E-state index in [0.717, 1.165) is 25.8 Å². The molecule has 0 saturated heterocycles. The minimum Gasteiger partial charge on any atom is -0.396 e. The van der Waals surface area contributed by atoms with Gasteiger partial charge in [-0.2, -0.15) is 5.10 Å². The Balaban J connectivity index is 2.41. The van der Waals surface area contributed by atoms with Crippen LogP contribution in [0.4, 0.5) is 0 Å². The molecule has 1 heterocycles. The van der Waals surface area contributed by atoms with Gasteiger partial charge in [-0.05, 0) is 24.8 Å². The first-order valence-electron chi connectivity index (χ1n) is 4.49. The first-order chi connectivity index (χ1) is 5.86. The molecule has 0 aliphatic carbocycles. The van der Waals surface area contributed by atoms with Crippen LogP contribution in [0.1, 0.15) is 25.3 Å². The fraction of sp³-hybridized carbons (Fsp3) is 0.667. The second-order valence-corrected chi connectivity index (χ2v) is 2.94. The maximum Gasteiger partial charge on any atom is 0.0521 e. The third kappa shape index (κ3) is 2.66. The van der Waals surface area contributed by atoms with Crippen molar-refractivity contribution in [2.45, 2.75) is 32.7 Å². The minimum atomic E-state index is 0.263. The van der Waals surface area contributed by atoms with E-state index < -0.39 is 0 Å². The van der Waals surface area contributed by atoms with Gasteiger partial charge in [0.1, 0.15) is 0 Å². The quantitative estimate of drug-likeness (QED) is 0.717. The molecule has 0 aromatic carbocycles. The molecule has 0 saturated carbocycles. The summed E-state index contributed by atoms with van der Waals surface area (Å²) in [5, 5.41) is 12.8. The molecule has 0 amide bonds. The number of aliphatic hydroxyl groups excluding tert-OH is 1. The van der Waals surface area contributed by atoms with Crippen molar-refractivity contribution in [2.75, 3.05) is 6.61 Å². The highest BCUT2D eigenvalue weighted by Gasteiger charge is 1.96. The summed E-state index contributed by atoms with van der Waals surface area (Å²) in [7, 11) is 0. The van der Waals surface area contributed by atoms with E-state index in [1.807, 2.05) is 10.9 Å². The number of hydrogen-bond donors (Lipinski definition) is 1.